The molecule has 0 spiro atoms. The van der Waals surface area contributed by atoms with Crippen LogP contribution in [0.5, 0.6) is 0 Å². The van der Waals surface area contributed by atoms with Gasteiger partial charge >= 0.3 is 0 Å². The van der Waals surface area contributed by atoms with Crippen LogP contribution in [0.3, 0.4) is 0 Å². The second-order valence-electron chi connectivity index (χ2n) is 5.72. The molecule has 0 amide bonds. The predicted molar refractivity (Wildman–Crippen MR) is 74.7 cm³/mol. The third-order valence-corrected chi connectivity index (χ3v) is 4.41. The summed E-state index contributed by atoms with van der Waals surface area (Å²) in [6.45, 7) is 9.94. The second kappa shape index (κ2) is 5.45. The van der Waals surface area contributed by atoms with Crippen LogP contribution in [0.1, 0.15) is 43.1 Å². The summed E-state index contributed by atoms with van der Waals surface area (Å²) in [6.07, 6.45) is 3.50. The predicted octanol–water partition coefficient (Wildman–Crippen LogP) is 2.38. The molecule has 1 aromatic heterocycles. The summed E-state index contributed by atoms with van der Waals surface area (Å²) in [5, 5.41) is 12.6. The number of rotatable bonds is 7. The number of aromatic nitrogens is 1. The van der Waals surface area contributed by atoms with Gasteiger partial charge in [-0.2, -0.15) is 0 Å². The van der Waals surface area contributed by atoms with Crippen LogP contribution in [0.4, 0.5) is 0 Å². The minimum Gasteiger partial charge on any atom is -0.396 e. The summed E-state index contributed by atoms with van der Waals surface area (Å²) in [4.78, 5) is 0. The lowest BCUT2D eigenvalue weighted by Gasteiger charge is -2.14. The van der Waals surface area contributed by atoms with E-state index in [1.807, 2.05) is 0 Å². The molecule has 2 rings (SSSR count). The van der Waals surface area contributed by atoms with Crippen LogP contribution in [0, 0.1) is 19.3 Å². The average Bonchev–Trinajstić information content (AvgIpc) is 3.03. The smallest absolute Gasteiger partial charge is 0.0436 e. The first kappa shape index (κ1) is 13.6. The lowest BCUT2D eigenvalue weighted by molar-refractivity contribution is 0.245. The fourth-order valence-electron chi connectivity index (χ4n) is 2.93. The van der Waals surface area contributed by atoms with Gasteiger partial charge in [0.25, 0.3) is 0 Å². The molecular weight excluding hydrogens is 224 g/mol. The van der Waals surface area contributed by atoms with Gasteiger partial charge in [-0.05, 0) is 57.1 Å². The van der Waals surface area contributed by atoms with Crippen molar-refractivity contribution in [3.05, 3.63) is 23.0 Å². The Labute approximate surface area is 110 Å². The van der Waals surface area contributed by atoms with Crippen molar-refractivity contribution >= 4 is 0 Å². The van der Waals surface area contributed by atoms with E-state index in [0.29, 0.717) is 12.0 Å². The summed E-state index contributed by atoms with van der Waals surface area (Å²) in [5.74, 6) is 0. The van der Waals surface area contributed by atoms with Crippen LogP contribution in [-0.4, -0.2) is 22.8 Å². The molecule has 0 aromatic carbocycles. The number of nitrogens with one attached hydrogen (secondary N) is 1. The van der Waals surface area contributed by atoms with Crippen molar-refractivity contribution in [3.63, 3.8) is 0 Å². The molecule has 1 aliphatic carbocycles. The molecule has 2 N–H and O–H groups in total. The largest absolute Gasteiger partial charge is 0.396 e. The van der Waals surface area contributed by atoms with Gasteiger partial charge < -0.3 is 15.0 Å². The zero-order valence-corrected chi connectivity index (χ0v) is 11.9. The van der Waals surface area contributed by atoms with Crippen LogP contribution in [-0.2, 0) is 13.1 Å². The number of nitrogens with zero attached hydrogens (tertiary/aromatic N) is 1. The normalized spacial score (nSPS) is 17.1. The first-order valence-electron chi connectivity index (χ1n) is 7.09. The van der Waals surface area contributed by atoms with Crippen LogP contribution >= 0.6 is 0 Å². The highest BCUT2D eigenvalue weighted by Gasteiger charge is 2.41. The van der Waals surface area contributed by atoms with Gasteiger partial charge in [0.05, 0.1) is 0 Å². The molecule has 3 nitrogen and oxygen atoms in total. The zero-order valence-electron chi connectivity index (χ0n) is 11.9. The maximum atomic E-state index is 9.04. The molecule has 0 saturated heterocycles. The molecule has 0 unspecified atom stereocenters. The standard InChI is InChI=1S/C15H26N2O/c1-4-17-12(2)9-14(13(17)3)10-16-11-15(5-6-15)7-8-18/h9,16,18H,4-8,10-11H2,1-3H3. The van der Waals surface area contributed by atoms with Crippen molar-refractivity contribution < 1.29 is 5.11 Å². The molecule has 1 heterocycles. The highest BCUT2D eigenvalue weighted by Crippen LogP contribution is 2.47. The third-order valence-electron chi connectivity index (χ3n) is 4.41. The van der Waals surface area contributed by atoms with E-state index in [2.05, 4.69) is 36.7 Å². The van der Waals surface area contributed by atoms with E-state index in [9.17, 15) is 0 Å². The topological polar surface area (TPSA) is 37.2 Å². The molecule has 0 radical (unpaired) electrons. The van der Waals surface area contributed by atoms with Crippen LogP contribution in [0.2, 0.25) is 0 Å². The summed E-state index contributed by atoms with van der Waals surface area (Å²) < 4.78 is 2.36. The summed E-state index contributed by atoms with van der Waals surface area (Å²) in [5.41, 5.74) is 4.55. The maximum absolute atomic E-state index is 9.04. The van der Waals surface area contributed by atoms with Gasteiger partial charge in [-0.25, -0.2) is 0 Å². The SMILES string of the molecule is CCn1c(C)cc(CNCC2(CCO)CC2)c1C. The summed E-state index contributed by atoms with van der Waals surface area (Å²) in [6, 6.07) is 2.29. The molecule has 3 heteroatoms. The van der Waals surface area contributed by atoms with Gasteiger partial charge in [-0.3, -0.25) is 0 Å². The molecule has 1 saturated carbocycles. The Balaban J connectivity index is 1.87. The highest BCUT2D eigenvalue weighted by molar-refractivity contribution is 5.26. The van der Waals surface area contributed by atoms with E-state index in [-0.39, 0.29) is 0 Å². The minimum absolute atomic E-state index is 0.325. The molecule has 0 bridgehead atoms. The Bertz CT molecular complexity index is 405. The highest BCUT2D eigenvalue weighted by atomic mass is 16.3. The quantitative estimate of drug-likeness (QED) is 0.779. The van der Waals surface area contributed by atoms with Crippen molar-refractivity contribution in [3.8, 4) is 0 Å². The second-order valence-corrected chi connectivity index (χ2v) is 5.72. The van der Waals surface area contributed by atoms with E-state index < -0.39 is 0 Å². The van der Waals surface area contributed by atoms with E-state index >= 15 is 0 Å². The third kappa shape index (κ3) is 2.78. The Kier molecular flexibility index (Phi) is 4.13. The minimum atomic E-state index is 0.325. The van der Waals surface area contributed by atoms with E-state index in [1.165, 1.54) is 29.8 Å². The van der Waals surface area contributed by atoms with Crippen molar-refractivity contribution in [2.75, 3.05) is 13.2 Å². The lowest BCUT2D eigenvalue weighted by Crippen LogP contribution is -2.24. The molecule has 1 aliphatic rings. The van der Waals surface area contributed by atoms with Crippen LogP contribution in [0.25, 0.3) is 0 Å². The van der Waals surface area contributed by atoms with E-state index in [4.69, 9.17) is 5.11 Å². The molecule has 1 aromatic rings. The number of hydrogen-bond donors (Lipinski definition) is 2. The molecule has 0 aliphatic heterocycles. The molecule has 0 atom stereocenters. The summed E-state index contributed by atoms with van der Waals surface area (Å²) in [7, 11) is 0. The fraction of sp³-hybridized carbons (Fsp3) is 0.733. The monoisotopic (exact) mass is 250 g/mol. The first-order chi connectivity index (χ1) is 8.62. The Morgan fingerprint density at radius 1 is 1.39 bits per heavy atom. The van der Waals surface area contributed by atoms with Gasteiger partial charge in [0, 0.05) is 37.6 Å². The van der Waals surface area contributed by atoms with Gasteiger partial charge in [-0.1, -0.05) is 0 Å². The number of aliphatic hydroxyl groups excluding tert-OH is 1. The van der Waals surface area contributed by atoms with Gasteiger partial charge in [0.2, 0.25) is 0 Å². The number of hydrogen-bond acceptors (Lipinski definition) is 2. The molecular formula is C15H26N2O. The Morgan fingerprint density at radius 2 is 2.11 bits per heavy atom. The lowest BCUT2D eigenvalue weighted by atomic mass is 10.0. The first-order valence-corrected chi connectivity index (χ1v) is 7.09. The van der Waals surface area contributed by atoms with Crippen molar-refractivity contribution in [1.29, 1.82) is 0 Å². The van der Waals surface area contributed by atoms with Crippen molar-refractivity contribution in [1.82, 2.24) is 9.88 Å². The van der Waals surface area contributed by atoms with Crippen molar-refractivity contribution in [2.24, 2.45) is 5.41 Å². The van der Waals surface area contributed by atoms with E-state index in [1.54, 1.807) is 0 Å². The van der Waals surface area contributed by atoms with Crippen LogP contribution in [0.15, 0.2) is 6.07 Å². The maximum Gasteiger partial charge on any atom is 0.0436 e. The Morgan fingerprint density at radius 3 is 2.61 bits per heavy atom. The Hall–Kier alpha value is -0.800. The molecule has 18 heavy (non-hydrogen) atoms. The zero-order chi connectivity index (χ0) is 13.2. The van der Waals surface area contributed by atoms with Crippen LogP contribution < -0.4 is 5.32 Å². The molecule has 1 fully saturated rings. The number of aryl methyl sites for hydroxylation is 1. The van der Waals surface area contributed by atoms with Gasteiger partial charge in [0.1, 0.15) is 0 Å². The van der Waals surface area contributed by atoms with Crippen molar-refractivity contribution in [2.45, 2.75) is 53.1 Å². The van der Waals surface area contributed by atoms with Gasteiger partial charge in [0.15, 0.2) is 0 Å². The fourth-order valence-corrected chi connectivity index (χ4v) is 2.93. The number of aliphatic hydroxyl groups is 1. The summed E-state index contributed by atoms with van der Waals surface area (Å²) >= 11 is 0. The average molecular weight is 250 g/mol. The molecule has 102 valence electrons. The van der Waals surface area contributed by atoms with Gasteiger partial charge in [-0.15, -0.1) is 0 Å². The van der Waals surface area contributed by atoms with E-state index in [0.717, 1.165) is 26.1 Å².